The monoisotopic (exact) mass is 446 g/mol. The van der Waals surface area contributed by atoms with Crippen LogP contribution in [0.5, 0.6) is 0 Å². The minimum atomic E-state index is -0.346. The predicted octanol–water partition coefficient (Wildman–Crippen LogP) is 5.95. The molecule has 0 radical (unpaired) electrons. The molecule has 0 bridgehead atoms. The first-order chi connectivity index (χ1) is 15.9. The molecule has 2 unspecified atom stereocenters. The Kier molecular flexibility index (Phi) is 6.87. The molecule has 1 aliphatic carbocycles. The number of amides is 1. The van der Waals surface area contributed by atoms with E-state index in [2.05, 4.69) is 42.8 Å². The molecule has 1 aliphatic heterocycles. The number of aromatic nitrogens is 1. The normalized spacial score (nSPS) is 19.4. The number of methoxy groups -OCH3 is 1. The van der Waals surface area contributed by atoms with Crippen LogP contribution in [0.1, 0.15) is 77.9 Å². The van der Waals surface area contributed by atoms with Gasteiger partial charge in [-0.1, -0.05) is 45.0 Å². The van der Waals surface area contributed by atoms with E-state index >= 15 is 0 Å². The van der Waals surface area contributed by atoms with E-state index in [9.17, 15) is 9.59 Å². The highest BCUT2D eigenvalue weighted by Crippen LogP contribution is 2.43. The van der Waals surface area contributed by atoms with Crippen LogP contribution in [0.3, 0.4) is 0 Å². The Hall–Kier alpha value is -3.08. The molecule has 5 nitrogen and oxygen atoms in total. The van der Waals surface area contributed by atoms with E-state index in [0.717, 1.165) is 54.6 Å². The zero-order valence-electron chi connectivity index (χ0n) is 20.1. The topological polar surface area (TPSA) is 62.4 Å². The van der Waals surface area contributed by atoms with Gasteiger partial charge in [-0.05, 0) is 67.0 Å². The Bertz CT molecular complexity index is 1130. The molecule has 0 spiro atoms. The van der Waals surface area contributed by atoms with E-state index in [1.807, 2.05) is 36.4 Å². The number of carbonyl (C=O) groups is 2. The van der Waals surface area contributed by atoms with Crippen LogP contribution in [0.4, 0.5) is 0 Å². The summed E-state index contributed by atoms with van der Waals surface area (Å²) in [6, 6.07) is 16.0. The number of aryl methyl sites for hydroxylation is 1. The molecule has 1 saturated heterocycles. The van der Waals surface area contributed by atoms with Crippen molar-refractivity contribution in [1.29, 1.82) is 0 Å². The predicted molar refractivity (Wildman–Crippen MR) is 132 cm³/mol. The van der Waals surface area contributed by atoms with Crippen molar-refractivity contribution in [3.63, 3.8) is 0 Å². The molecule has 0 saturated carbocycles. The van der Waals surface area contributed by atoms with Gasteiger partial charge in [0, 0.05) is 35.0 Å². The van der Waals surface area contributed by atoms with Crippen LogP contribution in [-0.2, 0) is 11.2 Å². The molecular weight excluding hydrogens is 412 g/mol. The van der Waals surface area contributed by atoms with Crippen molar-refractivity contribution in [2.75, 3.05) is 13.7 Å². The summed E-state index contributed by atoms with van der Waals surface area (Å²) in [6.07, 6.45) is 3.97. The Morgan fingerprint density at radius 3 is 2.48 bits per heavy atom. The fourth-order valence-electron chi connectivity index (χ4n) is 5.19. The molecule has 2 heterocycles. The number of hydrogen-bond acceptors (Lipinski definition) is 3. The third kappa shape index (κ3) is 4.68. The van der Waals surface area contributed by atoms with E-state index in [1.165, 1.54) is 18.2 Å². The Morgan fingerprint density at radius 2 is 1.79 bits per heavy atom. The van der Waals surface area contributed by atoms with Crippen molar-refractivity contribution in [3.05, 3.63) is 70.9 Å². The second-order valence-corrected chi connectivity index (χ2v) is 9.72. The minimum Gasteiger partial charge on any atom is -0.464 e. The number of benzene rings is 2. The van der Waals surface area contributed by atoms with Gasteiger partial charge in [-0.15, -0.1) is 0 Å². The number of carbonyl (C=O) groups excluding carboxylic acids is 2. The maximum Gasteiger partial charge on any atom is 0.354 e. The summed E-state index contributed by atoms with van der Waals surface area (Å²) < 4.78 is 4.86. The Balaban J connectivity index is 0.000000601. The minimum absolute atomic E-state index is 0.138. The maximum atomic E-state index is 13.2. The number of rotatable bonds is 2. The van der Waals surface area contributed by atoms with E-state index < -0.39 is 0 Å². The van der Waals surface area contributed by atoms with Gasteiger partial charge in [0.25, 0.3) is 5.91 Å². The van der Waals surface area contributed by atoms with Crippen molar-refractivity contribution in [3.8, 4) is 0 Å². The number of likely N-dealkylation sites (tertiary alicyclic amines) is 1. The lowest BCUT2D eigenvalue weighted by Crippen LogP contribution is -2.49. The molecular formula is C28H34N2O3. The van der Waals surface area contributed by atoms with Gasteiger partial charge in [0.1, 0.15) is 5.69 Å². The number of nitrogens with one attached hydrogen (secondary N) is 1. The molecule has 2 aliphatic rings. The maximum absolute atomic E-state index is 13.2. The second-order valence-electron chi connectivity index (χ2n) is 9.72. The summed E-state index contributed by atoms with van der Waals surface area (Å²) in [5.74, 6) is 0.974. The summed E-state index contributed by atoms with van der Waals surface area (Å²) in [4.78, 5) is 30.4. The quantitative estimate of drug-likeness (QED) is 0.495. The van der Waals surface area contributed by atoms with Gasteiger partial charge in [0.2, 0.25) is 0 Å². The van der Waals surface area contributed by atoms with Crippen LogP contribution < -0.4 is 0 Å². The number of fused-ring (bicyclic) bond motifs is 5. The summed E-state index contributed by atoms with van der Waals surface area (Å²) in [5, 5.41) is 1.10. The van der Waals surface area contributed by atoms with Gasteiger partial charge in [-0.2, -0.15) is 0 Å². The first-order valence-corrected chi connectivity index (χ1v) is 12.0. The lowest BCUT2D eigenvalue weighted by Gasteiger charge is -2.45. The van der Waals surface area contributed by atoms with Crippen molar-refractivity contribution in [1.82, 2.24) is 9.88 Å². The number of hydrogen-bond donors (Lipinski definition) is 1. The number of esters is 1. The van der Waals surface area contributed by atoms with Gasteiger partial charge in [0.05, 0.1) is 7.11 Å². The number of ether oxygens (including phenoxy) is 1. The van der Waals surface area contributed by atoms with E-state index in [1.54, 1.807) is 0 Å². The average Bonchev–Trinajstić information content (AvgIpc) is 3.27. The van der Waals surface area contributed by atoms with Crippen molar-refractivity contribution in [2.24, 2.45) is 5.92 Å². The molecule has 2 aromatic carbocycles. The highest BCUT2D eigenvalue weighted by Gasteiger charge is 2.39. The van der Waals surface area contributed by atoms with Gasteiger partial charge in [-0.3, -0.25) is 4.79 Å². The van der Waals surface area contributed by atoms with E-state index in [0.29, 0.717) is 11.6 Å². The number of nitrogens with zero attached hydrogens (tertiary/aromatic N) is 1. The molecule has 2 atom stereocenters. The van der Waals surface area contributed by atoms with Crippen LogP contribution in [0, 0.1) is 5.92 Å². The molecule has 3 aromatic rings. The van der Waals surface area contributed by atoms with Gasteiger partial charge in [0.15, 0.2) is 0 Å². The molecule has 33 heavy (non-hydrogen) atoms. The molecule has 5 rings (SSSR count). The lowest BCUT2D eigenvalue weighted by atomic mass is 9.73. The molecule has 1 fully saturated rings. The van der Waals surface area contributed by atoms with Crippen LogP contribution in [0.2, 0.25) is 0 Å². The van der Waals surface area contributed by atoms with Crippen LogP contribution in [0.15, 0.2) is 48.5 Å². The fraction of sp³-hybridized carbons (Fsp3) is 0.429. The van der Waals surface area contributed by atoms with Crippen LogP contribution >= 0.6 is 0 Å². The summed E-state index contributed by atoms with van der Waals surface area (Å²) in [7, 11) is 1.40. The van der Waals surface area contributed by atoms with E-state index in [-0.39, 0.29) is 17.9 Å². The van der Waals surface area contributed by atoms with Gasteiger partial charge in [-0.25, -0.2) is 4.79 Å². The first-order valence-electron chi connectivity index (χ1n) is 12.0. The third-order valence-corrected chi connectivity index (χ3v) is 6.51. The summed E-state index contributed by atoms with van der Waals surface area (Å²) in [6.45, 7) is 7.32. The highest BCUT2D eigenvalue weighted by molar-refractivity contribution is 5.97. The second kappa shape index (κ2) is 9.82. The summed E-state index contributed by atoms with van der Waals surface area (Å²) >= 11 is 0. The Morgan fingerprint density at radius 1 is 1.06 bits per heavy atom. The Labute approximate surface area is 196 Å². The zero-order chi connectivity index (χ0) is 23.5. The number of H-pyrrole nitrogens is 1. The summed E-state index contributed by atoms with van der Waals surface area (Å²) in [5.41, 5.74) is 4.86. The van der Waals surface area contributed by atoms with Crippen molar-refractivity contribution < 1.29 is 14.3 Å². The van der Waals surface area contributed by atoms with Crippen LogP contribution in [-0.4, -0.2) is 41.5 Å². The molecule has 5 heteroatoms. The van der Waals surface area contributed by atoms with Crippen molar-refractivity contribution >= 4 is 22.8 Å². The SMILES string of the molecule is CC(C)C.COC(=O)c1cc2c3c(ccc2[nH]1)C1CCCN(C(=O)c2ccccc2)C1CC3. The van der Waals surface area contributed by atoms with Crippen LogP contribution in [0.25, 0.3) is 10.9 Å². The van der Waals surface area contributed by atoms with Gasteiger partial charge < -0.3 is 14.6 Å². The highest BCUT2D eigenvalue weighted by atomic mass is 16.5. The number of aromatic amines is 1. The first kappa shape index (κ1) is 23.1. The molecule has 174 valence electrons. The van der Waals surface area contributed by atoms with Crippen molar-refractivity contribution in [2.45, 2.75) is 58.4 Å². The molecule has 1 N–H and O–H groups in total. The van der Waals surface area contributed by atoms with E-state index in [4.69, 9.17) is 4.74 Å². The van der Waals surface area contributed by atoms with Gasteiger partial charge >= 0.3 is 5.97 Å². The zero-order valence-corrected chi connectivity index (χ0v) is 20.1. The third-order valence-electron chi connectivity index (χ3n) is 6.51. The standard InChI is InChI=1S/C24H24N2O3.C4H10/c1-29-24(28)21-14-19-17-10-12-22-18(16(17)9-11-20(19)25-21)8-5-13-26(22)23(27)15-6-3-2-4-7-15;1-4(2)3/h2-4,6-7,9,11,14,18,22,25H,5,8,10,12-13H2,1H3;4H,1-3H3. The largest absolute Gasteiger partial charge is 0.464 e. The molecule has 1 aromatic heterocycles. The molecule has 1 amide bonds. The fourth-order valence-corrected chi connectivity index (χ4v) is 5.19. The average molecular weight is 447 g/mol. The smallest absolute Gasteiger partial charge is 0.354 e. The lowest BCUT2D eigenvalue weighted by molar-refractivity contribution is 0.0546. The number of piperidine rings is 1.